The van der Waals surface area contributed by atoms with Crippen molar-refractivity contribution < 1.29 is 0 Å². The zero-order valence-electron chi connectivity index (χ0n) is 14.2. The maximum atomic E-state index is 4.57. The van der Waals surface area contributed by atoms with E-state index in [9.17, 15) is 0 Å². The summed E-state index contributed by atoms with van der Waals surface area (Å²) >= 11 is 0. The molecule has 21 heavy (non-hydrogen) atoms. The maximum absolute atomic E-state index is 4.57. The highest BCUT2D eigenvalue weighted by atomic mass is 15.2. The predicted molar refractivity (Wildman–Crippen MR) is 88.6 cm³/mol. The lowest BCUT2D eigenvalue weighted by Crippen LogP contribution is -2.60. The highest BCUT2D eigenvalue weighted by molar-refractivity contribution is 5.04. The van der Waals surface area contributed by atoms with Gasteiger partial charge in [-0.2, -0.15) is 0 Å². The fourth-order valence-electron chi connectivity index (χ4n) is 3.73. The van der Waals surface area contributed by atoms with E-state index in [2.05, 4.69) is 53.8 Å². The minimum absolute atomic E-state index is 0.208. The van der Waals surface area contributed by atoms with Crippen molar-refractivity contribution in [3.05, 3.63) is 18.2 Å². The monoisotopic (exact) mass is 292 g/mol. The summed E-state index contributed by atoms with van der Waals surface area (Å²) < 4.78 is 2.26. The van der Waals surface area contributed by atoms with Crippen molar-refractivity contribution in [2.75, 3.05) is 20.1 Å². The SMILES string of the molecule is CCn1ccnc1CC(NC)C(C)(CC)N1CCCCC1. The van der Waals surface area contributed by atoms with Crippen molar-refractivity contribution >= 4 is 0 Å². The van der Waals surface area contributed by atoms with Crippen LogP contribution in [-0.2, 0) is 13.0 Å². The average molecular weight is 292 g/mol. The molecule has 1 saturated heterocycles. The van der Waals surface area contributed by atoms with Crippen LogP contribution in [0.4, 0.5) is 0 Å². The molecule has 1 N–H and O–H groups in total. The average Bonchev–Trinajstić information content (AvgIpc) is 3.00. The number of piperidine rings is 1. The number of nitrogens with one attached hydrogen (secondary N) is 1. The Labute approximate surface area is 129 Å². The number of aryl methyl sites for hydroxylation is 1. The first kappa shape index (κ1) is 16.5. The first-order valence-corrected chi connectivity index (χ1v) is 8.58. The van der Waals surface area contributed by atoms with Gasteiger partial charge in [0.05, 0.1) is 0 Å². The van der Waals surface area contributed by atoms with Gasteiger partial charge in [0.1, 0.15) is 5.82 Å². The second kappa shape index (κ2) is 7.41. The van der Waals surface area contributed by atoms with Gasteiger partial charge in [0, 0.05) is 36.9 Å². The molecule has 0 amide bonds. The Bertz CT molecular complexity index is 422. The predicted octanol–water partition coefficient (Wildman–Crippen LogP) is 2.69. The molecule has 1 aliphatic rings. The van der Waals surface area contributed by atoms with E-state index in [4.69, 9.17) is 0 Å². The molecule has 1 fully saturated rings. The molecule has 2 unspecified atom stereocenters. The molecule has 0 saturated carbocycles. The van der Waals surface area contributed by atoms with E-state index in [1.54, 1.807) is 0 Å². The third-order valence-corrected chi connectivity index (χ3v) is 5.42. The van der Waals surface area contributed by atoms with Crippen LogP contribution in [0.15, 0.2) is 12.4 Å². The summed E-state index contributed by atoms with van der Waals surface area (Å²) in [5.41, 5.74) is 0.208. The van der Waals surface area contributed by atoms with Crippen LogP contribution in [-0.4, -0.2) is 46.2 Å². The fourth-order valence-corrected chi connectivity index (χ4v) is 3.73. The highest BCUT2D eigenvalue weighted by Crippen LogP contribution is 2.29. The summed E-state index contributed by atoms with van der Waals surface area (Å²) in [4.78, 5) is 7.28. The molecule has 0 aromatic carbocycles. The molecule has 0 spiro atoms. The zero-order valence-corrected chi connectivity index (χ0v) is 14.2. The summed E-state index contributed by atoms with van der Waals surface area (Å²) in [6.07, 6.45) is 10.3. The Balaban J connectivity index is 2.16. The van der Waals surface area contributed by atoms with Crippen molar-refractivity contribution in [3.8, 4) is 0 Å². The number of rotatable bonds is 7. The van der Waals surface area contributed by atoms with Gasteiger partial charge < -0.3 is 9.88 Å². The molecule has 0 radical (unpaired) electrons. The van der Waals surface area contributed by atoms with E-state index in [1.807, 2.05) is 6.20 Å². The first-order valence-electron chi connectivity index (χ1n) is 8.58. The molecule has 1 aromatic rings. The van der Waals surface area contributed by atoms with Crippen molar-refractivity contribution in [2.24, 2.45) is 0 Å². The van der Waals surface area contributed by atoms with Gasteiger partial charge in [-0.25, -0.2) is 4.98 Å². The van der Waals surface area contributed by atoms with E-state index in [1.165, 1.54) is 44.6 Å². The Morgan fingerprint density at radius 3 is 2.57 bits per heavy atom. The number of aromatic nitrogens is 2. The van der Waals surface area contributed by atoms with Crippen LogP contribution < -0.4 is 5.32 Å². The largest absolute Gasteiger partial charge is 0.335 e. The summed E-state index contributed by atoms with van der Waals surface area (Å²) in [5.74, 6) is 1.20. The van der Waals surface area contributed by atoms with Crippen LogP contribution in [0.5, 0.6) is 0 Å². The lowest BCUT2D eigenvalue weighted by molar-refractivity contribution is 0.0445. The minimum atomic E-state index is 0.208. The van der Waals surface area contributed by atoms with Crippen molar-refractivity contribution in [3.63, 3.8) is 0 Å². The van der Waals surface area contributed by atoms with Crippen LogP contribution >= 0.6 is 0 Å². The zero-order chi connectivity index (χ0) is 15.3. The third kappa shape index (κ3) is 3.49. The van der Waals surface area contributed by atoms with E-state index in [-0.39, 0.29) is 5.54 Å². The van der Waals surface area contributed by atoms with Gasteiger partial charge in [-0.3, -0.25) is 4.90 Å². The number of hydrogen-bond acceptors (Lipinski definition) is 3. The number of likely N-dealkylation sites (N-methyl/N-ethyl adjacent to an activating group) is 1. The Hall–Kier alpha value is -0.870. The Morgan fingerprint density at radius 1 is 1.29 bits per heavy atom. The van der Waals surface area contributed by atoms with Gasteiger partial charge >= 0.3 is 0 Å². The topological polar surface area (TPSA) is 33.1 Å². The number of imidazole rings is 1. The third-order valence-electron chi connectivity index (χ3n) is 5.42. The Morgan fingerprint density at radius 2 is 2.00 bits per heavy atom. The van der Waals surface area contributed by atoms with Crippen LogP contribution in [0.25, 0.3) is 0 Å². The molecule has 4 nitrogen and oxygen atoms in total. The molecule has 4 heteroatoms. The van der Waals surface area contributed by atoms with E-state index >= 15 is 0 Å². The molecule has 2 atom stereocenters. The minimum Gasteiger partial charge on any atom is -0.335 e. The van der Waals surface area contributed by atoms with E-state index in [0.29, 0.717) is 6.04 Å². The van der Waals surface area contributed by atoms with Gasteiger partial charge in [-0.1, -0.05) is 13.3 Å². The molecule has 120 valence electrons. The van der Waals surface area contributed by atoms with Gasteiger partial charge in [-0.15, -0.1) is 0 Å². The van der Waals surface area contributed by atoms with E-state index in [0.717, 1.165) is 13.0 Å². The van der Waals surface area contributed by atoms with Crippen molar-refractivity contribution in [2.45, 2.75) is 71.0 Å². The first-order chi connectivity index (χ1) is 10.2. The van der Waals surface area contributed by atoms with Crippen LogP contribution in [0.2, 0.25) is 0 Å². The molecular weight excluding hydrogens is 260 g/mol. The molecule has 2 heterocycles. The van der Waals surface area contributed by atoms with Crippen LogP contribution in [0, 0.1) is 0 Å². The standard InChI is InChI=1S/C17H32N4/c1-5-17(3,21-11-8-7-9-12-21)15(18-4)14-16-19-10-13-20(16)6-2/h10,13,15,18H,5-9,11-12,14H2,1-4H3. The lowest BCUT2D eigenvalue weighted by Gasteiger charge is -2.48. The number of likely N-dealkylation sites (tertiary alicyclic amines) is 1. The maximum Gasteiger partial charge on any atom is 0.110 e. The molecule has 0 bridgehead atoms. The molecule has 0 aliphatic carbocycles. The Kier molecular flexibility index (Phi) is 5.82. The fraction of sp³-hybridized carbons (Fsp3) is 0.824. The smallest absolute Gasteiger partial charge is 0.110 e. The van der Waals surface area contributed by atoms with Gasteiger partial charge in [0.15, 0.2) is 0 Å². The van der Waals surface area contributed by atoms with Gasteiger partial charge in [-0.05, 0) is 53.2 Å². The number of nitrogens with zero attached hydrogens (tertiary/aromatic N) is 3. The lowest BCUT2D eigenvalue weighted by atomic mass is 9.83. The summed E-state index contributed by atoms with van der Waals surface area (Å²) in [5, 5.41) is 3.59. The van der Waals surface area contributed by atoms with Gasteiger partial charge in [0.25, 0.3) is 0 Å². The highest BCUT2D eigenvalue weighted by Gasteiger charge is 2.38. The van der Waals surface area contributed by atoms with Crippen LogP contribution in [0.3, 0.4) is 0 Å². The summed E-state index contributed by atoms with van der Waals surface area (Å²) in [7, 11) is 2.10. The van der Waals surface area contributed by atoms with Gasteiger partial charge in [0.2, 0.25) is 0 Å². The second-order valence-corrected chi connectivity index (χ2v) is 6.43. The second-order valence-electron chi connectivity index (χ2n) is 6.43. The van der Waals surface area contributed by atoms with Crippen LogP contribution in [0.1, 0.15) is 52.3 Å². The summed E-state index contributed by atoms with van der Waals surface area (Å²) in [6, 6.07) is 0.438. The van der Waals surface area contributed by atoms with E-state index < -0.39 is 0 Å². The molecule has 1 aliphatic heterocycles. The normalized spacial score (nSPS) is 21.1. The van der Waals surface area contributed by atoms with Crippen molar-refractivity contribution in [1.29, 1.82) is 0 Å². The number of hydrogen-bond donors (Lipinski definition) is 1. The molecule has 2 rings (SSSR count). The molecular formula is C17H32N4. The van der Waals surface area contributed by atoms with Crippen molar-refractivity contribution in [1.82, 2.24) is 19.8 Å². The quantitative estimate of drug-likeness (QED) is 0.839. The summed E-state index contributed by atoms with van der Waals surface area (Å²) in [6.45, 7) is 10.4. The molecule has 1 aromatic heterocycles.